The molecule has 3 heteroatoms. The first-order valence-electron chi connectivity index (χ1n) is 8.17. The van der Waals surface area contributed by atoms with Crippen molar-refractivity contribution in [3.63, 3.8) is 0 Å². The molecule has 2 aromatic rings. The second-order valence-electron chi connectivity index (χ2n) is 7.94. The number of hydrogen-bond donors (Lipinski definition) is 1. The molecule has 0 atom stereocenters. The Kier molecular flexibility index (Phi) is 5.18. The lowest BCUT2D eigenvalue weighted by molar-refractivity contribution is 0.523. The Labute approximate surface area is 141 Å². The van der Waals surface area contributed by atoms with Crippen molar-refractivity contribution in [2.75, 3.05) is 0 Å². The lowest BCUT2D eigenvalue weighted by Gasteiger charge is -2.36. The zero-order valence-electron chi connectivity index (χ0n) is 15.2. The summed E-state index contributed by atoms with van der Waals surface area (Å²) >= 11 is 0. The second-order valence-corrected chi connectivity index (χ2v) is 10.7. The lowest BCUT2D eigenvalue weighted by Crippen LogP contribution is -2.41. The van der Waals surface area contributed by atoms with E-state index < -0.39 is 7.21 Å². The van der Waals surface area contributed by atoms with Crippen LogP contribution in [0.15, 0.2) is 65.4 Å². The molecule has 0 spiro atoms. The Balaban J connectivity index is 2.82. The number of rotatable bonds is 3. The van der Waals surface area contributed by atoms with Crippen molar-refractivity contribution < 1.29 is 0 Å². The first-order chi connectivity index (χ1) is 10.6. The molecule has 0 aromatic heterocycles. The maximum Gasteiger partial charge on any atom is 0.0873 e. The molecule has 0 aliphatic rings. The molecule has 0 aliphatic heterocycles. The third-order valence-corrected chi connectivity index (χ3v) is 7.19. The Hall–Kier alpha value is -1.37. The van der Waals surface area contributed by atoms with Crippen LogP contribution >= 0.6 is 7.21 Å². The normalized spacial score (nSPS) is 13.0. The second kappa shape index (κ2) is 6.63. The van der Waals surface area contributed by atoms with Crippen LogP contribution in [0.25, 0.3) is 0 Å². The predicted molar refractivity (Wildman–Crippen MR) is 104 cm³/mol. The quantitative estimate of drug-likeness (QED) is 0.793. The number of benzene rings is 2. The Bertz CT molecular complexity index is 634. The highest BCUT2D eigenvalue weighted by Crippen LogP contribution is 2.47. The van der Waals surface area contributed by atoms with E-state index in [9.17, 15) is 0 Å². The van der Waals surface area contributed by atoms with Crippen LogP contribution in [0.4, 0.5) is 0 Å². The van der Waals surface area contributed by atoms with Gasteiger partial charge < -0.3 is 0 Å². The summed E-state index contributed by atoms with van der Waals surface area (Å²) in [4.78, 5) is 0. The first-order valence-corrected chi connectivity index (χ1v) is 9.91. The van der Waals surface area contributed by atoms with Gasteiger partial charge in [0.25, 0.3) is 0 Å². The van der Waals surface area contributed by atoms with Crippen LogP contribution in [-0.4, -0.2) is 11.1 Å². The molecule has 124 valence electrons. The topological polar surface area (TPSA) is 24.4 Å². The molecule has 0 bridgehead atoms. The molecule has 2 aromatic carbocycles. The molecule has 0 radical (unpaired) electrons. The van der Waals surface area contributed by atoms with Gasteiger partial charge in [-0.15, -0.1) is 0 Å². The summed E-state index contributed by atoms with van der Waals surface area (Å²) in [6, 6.07) is 21.4. The third-order valence-electron chi connectivity index (χ3n) is 3.21. The molecule has 0 saturated carbocycles. The zero-order valence-corrected chi connectivity index (χ0v) is 16.1. The van der Waals surface area contributed by atoms with Gasteiger partial charge in [-0.1, -0.05) is 60.7 Å². The summed E-state index contributed by atoms with van der Waals surface area (Å²) < 4.78 is 5.37. The molecule has 1 N–H and O–H groups in total. The third kappa shape index (κ3) is 4.80. The highest BCUT2D eigenvalue weighted by Gasteiger charge is 2.31. The van der Waals surface area contributed by atoms with Crippen LogP contribution in [0.3, 0.4) is 0 Å². The monoisotopic (exact) mass is 328 g/mol. The summed E-state index contributed by atoms with van der Waals surface area (Å²) in [6.45, 7) is 13.2. The molecule has 0 fully saturated rings. The van der Waals surface area contributed by atoms with Crippen molar-refractivity contribution in [3.8, 4) is 0 Å². The average Bonchev–Trinajstić information content (AvgIpc) is 2.45. The lowest BCUT2D eigenvalue weighted by atomic mass is 10.1. The minimum absolute atomic E-state index is 0.0335. The van der Waals surface area contributed by atoms with E-state index in [0.717, 1.165) is 0 Å². The van der Waals surface area contributed by atoms with Crippen LogP contribution in [0, 0.1) is 0 Å². The Morgan fingerprint density at radius 1 is 0.696 bits per heavy atom. The summed E-state index contributed by atoms with van der Waals surface area (Å²) in [5.74, 6) is 0. The fourth-order valence-corrected chi connectivity index (χ4v) is 6.56. The Morgan fingerprint density at radius 3 is 1.39 bits per heavy atom. The number of hydrogen-bond acceptors (Lipinski definition) is 1. The highest BCUT2D eigenvalue weighted by atomic mass is 31.2. The SMILES string of the molecule is CC(C)(C)N=P(NC(C)(C)C)(c1ccccc1)c1ccccc1. The molecule has 0 unspecified atom stereocenters. The van der Waals surface area contributed by atoms with Crippen LogP contribution in [0.5, 0.6) is 0 Å². The van der Waals surface area contributed by atoms with E-state index in [1.807, 2.05) is 0 Å². The van der Waals surface area contributed by atoms with Gasteiger partial charge in [-0.05, 0) is 41.5 Å². The predicted octanol–water partition coefficient (Wildman–Crippen LogP) is 4.94. The molecule has 0 saturated heterocycles. The average molecular weight is 328 g/mol. The summed E-state index contributed by atoms with van der Waals surface area (Å²) in [5, 5.41) is 6.45. The molecule has 23 heavy (non-hydrogen) atoms. The van der Waals surface area contributed by atoms with E-state index in [1.54, 1.807) is 0 Å². The largest absolute Gasteiger partial charge is 0.273 e. The van der Waals surface area contributed by atoms with Crippen molar-refractivity contribution in [2.24, 2.45) is 4.74 Å². The fourth-order valence-electron chi connectivity index (χ4n) is 2.64. The number of nitrogens with one attached hydrogen (secondary N) is 1. The van der Waals surface area contributed by atoms with Gasteiger partial charge in [0.1, 0.15) is 0 Å². The molecular weight excluding hydrogens is 299 g/mol. The van der Waals surface area contributed by atoms with Crippen LogP contribution in [-0.2, 0) is 0 Å². The molecule has 0 heterocycles. The van der Waals surface area contributed by atoms with Gasteiger partial charge in [-0.2, -0.15) is 0 Å². The van der Waals surface area contributed by atoms with Gasteiger partial charge in [0.15, 0.2) is 0 Å². The van der Waals surface area contributed by atoms with E-state index >= 15 is 0 Å². The maximum absolute atomic E-state index is 5.37. The molecule has 2 nitrogen and oxygen atoms in total. The standard InChI is InChI=1S/C20H29N2P/c1-19(2,3)21-23(22-20(4,5)6,17-13-9-7-10-14-17)18-15-11-8-12-16-18/h7-16,21H,1-6H3. The van der Waals surface area contributed by atoms with Crippen LogP contribution < -0.4 is 15.7 Å². The molecule has 2 rings (SSSR count). The van der Waals surface area contributed by atoms with E-state index in [1.165, 1.54) is 10.6 Å². The Morgan fingerprint density at radius 2 is 1.09 bits per heavy atom. The van der Waals surface area contributed by atoms with Crippen molar-refractivity contribution in [2.45, 2.75) is 52.6 Å². The minimum Gasteiger partial charge on any atom is -0.273 e. The van der Waals surface area contributed by atoms with E-state index in [4.69, 9.17) is 4.74 Å². The van der Waals surface area contributed by atoms with E-state index in [-0.39, 0.29) is 11.1 Å². The van der Waals surface area contributed by atoms with Gasteiger partial charge in [0, 0.05) is 16.1 Å². The summed E-state index contributed by atoms with van der Waals surface area (Å²) in [6.07, 6.45) is 0. The van der Waals surface area contributed by atoms with Gasteiger partial charge in [-0.25, -0.2) is 0 Å². The van der Waals surface area contributed by atoms with Crippen molar-refractivity contribution >= 4 is 17.8 Å². The molecular formula is C20H29N2P. The van der Waals surface area contributed by atoms with Crippen LogP contribution in [0.1, 0.15) is 41.5 Å². The maximum atomic E-state index is 5.37. The van der Waals surface area contributed by atoms with Gasteiger partial charge in [-0.3, -0.25) is 9.83 Å². The van der Waals surface area contributed by atoms with E-state index in [2.05, 4.69) is 107 Å². The van der Waals surface area contributed by atoms with Crippen LogP contribution in [0.2, 0.25) is 0 Å². The van der Waals surface area contributed by atoms with Gasteiger partial charge in [0.2, 0.25) is 0 Å². The van der Waals surface area contributed by atoms with Gasteiger partial charge >= 0.3 is 0 Å². The summed E-state index contributed by atoms with van der Waals surface area (Å²) in [7, 11) is -2.07. The van der Waals surface area contributed by atoms with Gasteiger partial charge in [0.05, 0.1) is 12.7 Å². The van der Waals surface area contributed by atoms with E-state index in [0.29, 0.717) is 0 Å². The molecule has 0 amide bonds. The smallest absolute Gasteiger partial charge is 0.0873 e. The first kappa shape index (κ1) is 18.0. The minimum atomic E-state index is -2.07. The fraction of sp³-hybridized carbons (Fsp3) is 0.400. The highest BCUT2D eigenvalue weighted by molar-refractivity contribution is 7.79. The zero-order chi connectivity index (χ0) is 17.1. The number of nitrogens with zero attached hydrogens (tertiary/aromatic N) is 1. The van der Waals surface area contributed by atoms with Crippen molar-refractivity contribution in [3.05, 3.63) is 60.7 Å². The van der Waals surface area contributed by atoms with Crippen molar-refractivity contribution in [1.29, 1.82) is 0 Å². The molecule has 0 aliphatic carbocycles. The summed E-state index contributed by atoms with van der Waals surface area (Å²) in [5.41, 5.74) is -0.161. The van der Waals surface area contributed by atoms with Crippen molar-refractivity contribution in [1.82, 2.24) is 5.09 Å².